The third-order valence-electron chi connectivity index (χ3n) is 7.02. The lowest BCUT2D eigenvalue weighted by atomic mass is 9.59. The summed E-state index contributed by atoms with van der Waals surface area (Å²) in [6.45, 7) is 19.2. The third kappa shape index (κ3) is 4.47. The minimum Gasteiger partial charge on any atom is -0.327 e. The maximum Gasteiger partial charge on any atom is 0.00957 e. The van der Waals surface area contributed by atoms with Crippen molar-refractivity contribution in [1.82, 2.24) is 0 Å². The Morgan fingerprint density at radius 1 is 0.857 bits per heavy atom. The minimum absolute atomic E-state index is 0.387. The van der Waals surface area contributed by atoms with Gasteiger partial charge in [-0.15, -0.1) is 0 Å². The Kier molecular flexibility index (Phi) is 7.24. The van der Waals surface area contributed by atoms with Crippen LogP contribution in [0.4, 0.5) is 0 Å². The van der Waals surface area contributed by atoms with E-state index in [1.807, 2.05) is 0 Å². The molecule has 126 valence electrons. The van der Waals surface area contributed by atoms with Crippen molar-refractivity contribution in [2.24, 2.45) is 53.1 Å². The second-order valence-electron chi connectivity index (χ2n) is 8.69. The van der Waals surface area contributed by atoms with Gasteiger partial charge in [0, 0.05) is 6.04 Å². The Labute approximate surface area is 134 Å². The molecule has 21 heavy (non-hydrogen) atoms. The molecular weight excluding hydrogens is 254 g/mol. The molecule has 1 rings (SSSR count). The normalized spacial score (nSPS) is 40.3. The van der Waals surface area contributed by atoms with E-state index in [9.17, 15) is 0 Å². The zero-order valence-corrected chi connectivity index (χ0v) is 15.9. The molecule has 1 nitrogen and oxygen atoms in total. The smallest absolute Gasteiger partial charge is 0.00957 e. The third-order valence-corrected chi connectivity index (χ3v) is 7.02. The summed E-state index contributed by atoms with van der Waals surface area (Å²) in [6.07, 6.45) is 4.08. The fourth-order valence-corrected chi connectivity index (χ4v) is 4.74. The van der Waals surface area contributed by atoms with E-state index in [4.69, 9.17) is 5.73 Å². The maximum atomic E-state index is 6.55. The van der Waals surface area contributed by atoms with E-state index in [0.717, 1.165) is 35.5 Å². The second-order valence-corrected chi connectivity index (χ2v) is 8.69. The Balaban J connectivity index is 2.85. The molecule has 0 saturated heterocycles. The van der Waals surface area contributed by atoms with Gasteiger partial charge in [0.15, 0.2) is 0 Å². The Morgan fingerprint density at radius 3 is 1.90 bits per heavy atom. The van der Waals surface area contributed by atoms with Gasteiger partial charge in [0.1, 0.15) is 0 Å². The summed E-state index contributed by atoms with van der Waals surface area (Å²) in [5.74, 6) is 6.25. The number of nitrogens with two attached hydrogens (primary N) is 1. The molecule has 1 saturated carbocycles. The highest BCUT2D eigenvalue weighted by molar-refractivity contribution is 4.94. The molecule has 0 radical (unpaired) electrons. The van der Waals surface area contributed by atoms with Gasteiger partial charge in [-0.2, -0.15) is 0 Å². The molecule has 0 aromatic heterocycles. The van der Waals surface area contributed by atoms with E-state index in [0.29, 0.717) is 17.9 Å². The molecule has 0 bridgehead atoms. The summed E-state index contributed by atoms with van der Waals surface area (Å²) in [6, 6.07) is 0.387. The molecule has 0 aromatic rings. The maximum absolute atomic E-state index is 6.55. The number of rotatable bonds is 6. The number of hydrogen-bond donors (Lipinski definition) is 1. The van der Waals surface area contributed by atoms with Gasteiger partial charge in [-0.1, -0.05) is 61.8 Å². The van der Waals surface area contributed by atoms with E-state index in [1.54, 1.807) is 0 Å². The fourth-order valence-electron chi connectivity index (χ4n) is 4.74. The van der Waals surface area contributed by atoms with Crippen molar-refractivity contribution in [3.63, 3.8) is 0 Å². The van der Waals surface area contributed by atoms with E-state index < -0.39 is 0 Å². The molecule has 1 fully saturated rings. The lowest BCUT2D eigenvalue weighted by Gasteiger charge is -2.48. The topological polar surface area (TPSA) is 26.0 Å². The average molecular weight is 296 g/mol. The van der Waals surface area contributed by atoms with Crippen molar-refractivity contribution in [3.8, 4) is 0 Å². The van der Waals surface area contributed by atoms with E-state index in [1.165, 1.54) is 19.3 Å². The monoisotopic (exact) mass is 295 g/mol. The highest BCUT2D eigenvalue weighted by Gasteiger charge is 2.42. The number of hydrogen-bond acceptors (Lipinski definition) is 1. The van der Waals surface area contributed by atoms with Gasteiger partial charge in [-0.25, -0.2) is 0 Å². The minimum atomic E-state index is 0.387. The molecule has 2 N–H and O–H groups in total. The van der Waals surface area contributed by atoms with Crippen LogP contribution in [-0.4, -0.2) is 6.04 Å². The predicted molar refractivity (Wildman–Crippen MR) is 95.1 cm³/mol. The summed E-state index contributed by atoms with van der Waals surface area (Å²) in [7, 11) is 0. The van der Waals surface area contributed by atoms with Crippen LogP contribution >= 0.6 is 0 Å². The molecule has 1 aliphatic carbocycles. The van der Waals surface area contributed by atoms with Crippen molar-refractivity contribution in [2.45, 2.75) is 80.7 Å². The van der Waals surface area contributed by atoms with Gasteiger partial charge < -0.3 is 5.73 Å². The Hall–Kier alpha value is -0.0400. The van der Waals surface area contributed by atoms with Gasteiger partial charge >= 0.3 is 0 Å². The van der Waals surface area contributed by atoms with Gasteiger partial charge in [0.2, 0.25) is 0 Å². The summed E-state index contributed by atoms with van der Waals surface area (Å²) in [4.78, 5) is 0. The first-order valence-corrected chi connectivity index (χ1v) is 9.46. The molecule has 0 spiro atoms. The van der Waals surface area contributed by atoms with E-state index >= 15 is 0 Å². The van der Waals surface area contributed by atoms with Crippen LogP contribution in [0.1, 0.15) is 74.7 Å². The summed E-state index contributed by atoms with van der Waals surface area (Å²) < 4.78 is 0. The molecule has 0 heterocycles. The first kappa shape index (κ1) is 19.0. The van der Waals surface area contributed by atoms with Gasteiger partial charge in [0.05, 0.1) is 0 Å². The Morgan fingerprint density at radius 2 is 1.43 bits per heavy atom. The summed E-state index contributed by atoms with van der Waals surface area (Å²) in [5, 5.41) is 0. The molecule has 0 aromatic carbocycles. The summed E-state index contributed by atoms with van der Waals surface area (Å²) in [5.41, 5.74) is 6.55. The van der Waals surface area contributed by atoms with Crippen LogP contribution in [0.15, 0.2) is 0 Å². The molecular formula is C20H41N. The van der Waals surface area contributed by atoms with Crippen LogP contribution in [-0.2, 0) is 0 Å². The largest absolute Gasteiger partial charge is 0.327 e. The highest BCUT2D eigenvalue weighted by Crippen LogP contribution is 2.45. The van der Waals surface area contributed by atoms with Gasteiger partial charge in [0.25, 0.3) is 0 Å². The lowest BCUT2D eigenvalue weighted by molar-refractivity contribution is 0.0279. The van der Waals surface area contributed by atoms with Crippen molar-refractivity contribution >= 4 is 0 Å². The van der Waals surface area contributed by atoms with E-state index in [-0.39, 0.29) is 0 Å². The molecule has 0 aliphatic heterocycles. The molecule has 1 aliphatic rings. The zero-order chi connectivity index (χ0) is 16.3. The van der Waals surface area contributed by atoms with Crippen LogP contribution in [0.2, 0.25) is 0 Å². The van der Waals surface area contributed by atoms with Gasteiger partial charge in [-0.3, -0.25) is 0 Å². The SMILES string of the molecule is CCC(C)C(CC(C)C)CC1C(C)C(C)C(C)C(N)C1C. The van der Waals surface area contributed by atoms with Crippen LogP contribution in [0.5, 0.6) is 0 Å². The Bertz CT molecular complexity index is 282. The summed E-state index contributed by atoms with van der Waals surface area (Å²) >= 11 is 0. The van der Waals surface area contributed by atoms with Crippen LogP contribution in [0.3, 0.4) is 0 Å². The van der Waals surface area contributed by atoms with Crippen molar-refractivity contribution < 1.29 is 0 Å². The van der Waals surface area contributed by atoms with Crippen molar-refractivity contribution in [2.75, 3.05) is 0 Å². The van der Waals surface area contributed by atoms with Crippen molar-refractivity contribution in [3.05, 3.63) is 0 Å². The van der Waals surface area contributed by atoms with Crippen LogP contribution < -0.4 is 5.73 Å². The second kappa shape index (κ2) is 7.99. The van der Waals surface area contributed by atoms with Crippen LogP contribution in [0.25, 0.3) is 0 Å². The average Bonchev–Trinajstić information content (AvgIpc) is 2.45. The first-order valence-electron chi connectivity index (χ1n) is 9.46. The predicted octanol–water partition coefficient (Wildman–Crippen LogP) is 5.59. The zero-order valence-electron chi connectivity index (χ0n) is 15.9. The van der Waals surface area contributed by atoms with Crippen molar-refractivity contribution in [1.29, 1.82) is 0 Å². The van der Waals surface area contributed by atoms with Crippen LogP contribution in [0, 0.1) is 47.3 Å². The first-order chi connectivity index (χ1) is 9.70. The quantitative estimate of drug-likeness (QED) is 0.679. The van der Waals surface area contributed by atoms with E-state index in [2.05, 4.69) is 55.4 Å². The fraction of sp³-hybridized carbons (Fsp3) is 1.00. The molecule has 0 amide bonds. The lowest BCUT2D eigenvalue weighted by Crippen LogP contribution is -2.50. The molecule has 1 heteroatoms. The standard InChI is InChI=1S/C20H41N/c1-9-13(4)18(10-12(2)3)11-19-15(6)14(5)16(7)20(21)17(19)8/h12-20H,9-11,21H2,1-8H3. The van der Waals surface area contributed by atoms with Gasteiger partial charge in [-0.05, 0) is 60.2 Å². The molecule has 8 unspecified atom stereocenters. The molecule has 8 atom stereocenters. The highest BCUT2D eigenvalue weighted by atomic mass is 14.7.